The van der Waals surface area contributed by atoms with E-state index in [1.165, 1.54) is 0 Å². The molecule has 2 rings (SSSR count). The van der Waals surface area contributed by atoms with Gasteiger partial charge in [-0.3, -0.25) is 4.79 Å². The summed E-state index contributed by atoms with van der Waals surface area (Å²) in [6, 6.07) is 0. The van der Waals surface area contributed by atoms with Gasteiger partial charge in [0.1, 0.15) is 0 Å². The van der Waals surface area contributed by atoms with Crippen LogP contribution in [0.25, 0.3) is 0 Å². The Hall–Kier alpha value is -0.490. The molecule has 5 nitrogen and oxygen atoms in total. The molecule has 23 heavy (non-hydrogen) atoms. The minimum Gasteiger partial charge on any atom is -0.393 e. The van der Waals surface area contributed by atoms with Crippen molar-refractivity contribution in [3.63, 3.8) is 0 Å². The van der Waals surface area contributed by atoms with Crippen molar-refractivity contribution in [2.45, 2.75) is 71.9 Å². The Balaban J connectivity index is 2.00. The molecule has 1 aliphatic carbocycles. The molecule has 0 bridgehead atoms. The molecule has 0 aromatic rings. The number of carbonyl (C=O) groups is 1. The third kappa shape index (κ3) is 4.13. The van der Waals surface area contributed by atoms with Crippen molar-refractivity contribution in [2.24, 2.45) is 11.3 Å². The first kappa shape index (κ1) is 18.8. The van der Waals surface area contributed by atoms with Crippen LogP contribution in [0.5, 0.6) is 0 Å². The van der Waals surface area contributed by atoms with Gasteiger partial charge in [0.05, 0.1) is 18.8 Å². The number of aliphatic hydroxyl groups excluding tert-OH is 1. The third-order valence-corrected chi connectivity index (χ3v) is 5.19. The summed E-state index contributed by atoms with van der Waals surface area (Å²) in [6.45, 7) is 13.7. The number of Topliss-reactive ketones (excluding diaryl/α,β-unsaturated/α-hetero) is 1. The van der Waals surface area contributed by atoms with Gasteiger partial charge in [0.2, 0.25) is 5.79 Å². The van der Waals surface area contributed by atoms with Gasteiger partial charge in [0.15, 0.2) is 5.78 Å². The normalized spacial score (nSPS) is 35.4. The topological polar surface area (TPSA) is 59.0 Å². The summed E-state index contributed by atoms with van der Waals surface area (Å²) in [5, 5.41) is 10.5. The van der Waals surface area contributed by atoms with Gasteiger partial charge in [-0.2, -0.15) is 0 Å². The van der Waals surface area contributed by atoms with E-state index >= 15 is 0 Å². The summed E-state index contributed by atoms with van der Waals surface area (Å²) in [5.74, 6) is -1.26. The van der Waals surface area contributed by atoms with Crippen LogP contribution in [-0.4, -0.2) is 60.0 Å². The highest BCUT2D eigenvalue weighted by Crippen LogP contribution is 2.44. The SMILES string of the molecule is CCCN(CC)CC1COC2(CC(O)C(C(C)(C)C)CC2=O)O1. The molecule has 0 amide bonds. The fraction of sp³-hybridized carbons (Fsp3) is 0.944. The van der Waals surface area contributed by atoms with Gasteiger partial charge in [-0.25, -0.2) is 0 Å². The highest BCUT2D eigenvalue weighted by atomic mass is 16.7. The van der Waals surface area contributed by atoms with Crippen LogP contribution in [0.2, 0.25) is 0 Å². The number of carbonyl (C=O) groups excluding carboxylic acids is 1. The number of ether oxygens (including phenoxy) is 2. The van der Waals surface area contributed by atoms with Crippen LogP contribution < -0.4 is 0 Å². The van der Waals surface area contributed by atoms with Gasteiger partial charge in [-0.05, 0) is 30.8 Å². The van der Waals surface area contributed by atoms with Gasteiger partial charge in [0.25, 0.3) is 0 Å². The van der Waals surface area contributed by atoms with Crippen molar-refractivity contribution in [1.82, 2.24) is 4.90 Å². The largest absolute Gasteiger partial charge is 0.393 e. The van der Waals surface area contributed by atoms with Crippen molar-refractivity contribution in [3.8, 4) is 0 Å². The standard InChI is InChI=1S/C18H33NO4/c1-6-8-19(7-2)11-13-12-22-18(23-13)10-15(20)14(9-16(18)21)17(3,4)5/h13-15,20H,6-12H2,1-5H3. The van der Waals surface area contributed by atoms with Crippen LogP contribution in [0, 0.1) is 11.3 Å². The molecule has 1 saturated heterocycles. The molecule has 1 aliphatic heterocycles. The average Bonchev–Trinajstić information content (AvgIpc) is 2.85. The second-order valence-corrected chi connectivity index (χ2v) is 8.07. The molecule has 134 valence electrons. The van der Waals surface area contributed by atoms with E-state index in [2.05, 4.69) is 39.5 Å². The summed E-state index contributed by atoms with van der Waals surface area (Å²) >= 11 is 0. The number of likely N-dealkylation sites (N-methyl/N-ethyl adjacent to an activating group) is 1. The monoisotopic (exact) mass is 327 g/mol. The number of nitrogens with zero attached hydrogens (tertiary/aromatic N) is 1. The van der Waals surface area contributed by atoms with Crippen molar-refractivity contribution in [2.75, 3.05) is 26.2 Å². The summed E-state index contributed by atoms with van der Waals surface area (Å²) in [7, 11) is 0. The van der Waals surface area contributed by atoms with Crippen LogP contribution in [0.15, 0.2) is 0 Å². The molecular formula is C18H33NO4. The first-order valence-corrected chi connectivity index (χ1v) is 8.97. The third-order valence-electron chi connectivity index (χ3n) is 5.19. The Bertz CT molecular complexity index is 420. The predicted octanol–water partition coefficient (Wildman–Crippen LogP) is 2.22. The number of rotatable bonds is 5. The highest BCUT2D eigenvalue weighted by molar-refractivity contribution is 5.87. The van der Waals surface area contributed by atoms with E-state index in [0.717, 1.165) is 26.1 Å². The Morgan fingerprint density at radius 2 is 2.04 bits per heavy atom. The molecule has 0 aromatic heterocycles. The van der Waals surface area contributed by atoms with Crippen LogP contribution >= 0.6 is 0 Å². The van der Waals surface area contributed by atoms with E-state index in [0.29, 0.717) is 13.0 Å². The van der Waals surface area contributed by atoms with E-state index in [4.69, 9.17) is 9.47 Å². The quantitative estimate of drug-likeness (QED) is 0.839. The molecule has 1 saturated carbocycles. The fourth-order valence-electron chi connectivity index (χ4n) is 3.80. The lowest BCUT2D eigenvalue weighted by atomic mass is 9.69. The van der Waals surface area contributed by atoms with Gasteiger partial charge >= 0.3 is 0 Å². The fourth-order valence-corrected chi connectivity index (χ4v) is 3.80. The minimum absolute atomic E-state index is 0.0104. The van der Waals surface area contributed by atoms with Crippen molar-refractivity contribution in [1.29, 1.82) is 0 Å². The van der Waals surface area contributed by atoms with E-state index in [1.54, 1.807) is 0 Å². The molecule has 5 heteroatoms. The van der Waals surface area contributed by atoms with Crippen molar-refractivity contribution >= 4 is 5.78 Å². The zero-order valence-electron chi connectivity index (χ0n) is 15.3. The summed E-state index contributed by atoms with van der Waals surface area (Å²) in [6.07, 6.45) is 1.01. The maximum Gasteiger partial charge on any atom is 0.231 e. The molecule has 0 aromatic carbocycles. The van der Waals surface area contributed by atoms with Crippen LogP contribution in [0.3, 0.4) is 0 Å². The molecule has 1 spiro atoms. The summed E-state index contributed by atoms with van der Waals surface area (Å²) in [5.41, 5.74) is -0.102. The van der Waals surface area contributed by atoms with E-state index in [1.807, 2.05) is 0 Å². The van der Waals surface area contributed by atoms with Gasteiger partial charge < -0.3 is 19.5 Å². The number of ketones is 1. The lowest BCUT2D eigenvalue weighted by molar-refractivity contribution is -0.213. The lowest BCUT2D eigenvalue weighted by Gasteiger charge is -2.43. The van der Waals surface area contributed by atoms with Gasteiger partial charge in [-0.1, -0.05) is 34.6 Å². The molecule has 1 heterocycles. The Morgan fingerprint density at radius 3 is 2.61 bits per heavy atom. The summed E-state index contributed by atoms with van der Waals surface area (Å²) < 4.78 is 11.8. The maximum absolute atomic E-state index is 12.7. The summed E-state index contributed by atoms with van der Waals surface area (Å²) in [4.78, 5) is 15.0. The molecule has 4 unspecified atom stereocenters. The Labute approximate surface area is 140 Å². The van der Waals surface area contributed by atoms with Crippen LogP contribution in [0.4, 0.5) is 0 Å². The second kappa shape index (κ2) is 7.18. The first-order chi connectivity index (χ1) is 10.7. The molecule has 1 N–H and O–H groups in total. The van der Waals surface area contributed by atoms with Crippen molar-refractivity contribution < 1.29 is 19.4 Å². The molecule has 4 atom stereocenters. The predicted molar refractivity (Wildman–Crippen MR) is 89.2 cm³/mol. The minimum atomic E-state index is -1.21. The number of aliphatic hydroxyl groups is 1. The Morgan fingerprint density at radius 1 is 1.35 bits per heavy atom. The molecule has 2 fully saturated rings. The van der Waals surface area contributed by atoms with E-state index in [9.17, 15) is 9.90 Å². The second-order valence-electron chi connectivity index (χ2n) is 8.07. The first-order valence-electron chi connectivity index (χ1n) is 8.97. The zero-order chi connectivity index (χ0) is 17.3. The molecule has 0 radical (unpaired) electrons. The number of hydrogen-bond donors (Lipinski definition) is 1. The van der Waals surface area contributed by atoms with Gasteiger partial charge in [0, 0.05) is 19.4 Å². The molecule has 2 aliphatic rings. The van der Waals surface area contributed by atoms with E-state index in [-0.39, 0.29) is 29.6 Å². The highest BCUT2D eigenvalue weighted by Gasteiger charge is 2.55. The van der Waals surface area contributed by atoms with E-state index < -0.39 is 11.9 Å². The zero-order valence-corrected chi connectivity index (χ0v) is 15.3. The van der Waals surface area contributed by atoms with Crippen molar-refractivity contribution in [3.05, 3.63) is 0 Å². The van der Waals surface area contributed by atoms with Crippen LogP contribution in [0.1, 0.15) is 53.9 Å². The smallest absolute Gasteiger partial charge is 0.231 e. The van der Waals surface area contributed by atoms with Crippen LogP contribution in [-0.2, 0) is 14.3 Å². The lowest BCUT2D eigenvalue weighted by Crippen LogP contribution is -2.53. The molecular weight excluding hydrogens is 294 g/mol. The van der Waals surface area contributed by atoms with Gasteiger partial charge in [-0.15, -0.1) is 0 Å². The Kier molecular flexibility index (Phi) is 5.88. The maximum atomic E-state index is 12.7. The number of hydrogen-bond acceptors (Lipinski definition) is 5. The average molecular weight is 327 g/mol.